The second-order valence-electron chi connectivity index (χ2n) is 3.81. The SMILES string of the molecule is COC(CNC(=O)Nc1ccc(OC(F)(F)F)cc1)OC. The lowest BCUT2D eigenvalue weighted by Crippen LogP contribution is -2.36. The van der Waals surface area contributed by atoms with Crippen molar-refractivity contribution in [1.29, 1.82) is 0 Å². The van der Waals surface area contributed by atoms with Crippen LogP contribution in [-0.2, 0) is 9.47 Å². The molecule has 2 N–H and O–H groups in total. The quantitative estimate of drug-likeness (QED) is 0.791. The first-order valence-corrected chi connectivity index (χ1v) is 5.80. The summed E-state index contributed by atoms with van der Waals surface area (Å²) in [5.41, 5.74) is 0.313. The van der Waals surface area contributed by atoms with Gasteiger partial charge in [0.2, 0.25) is 0 Å². The normalized spacial score (nSPS) is 11.3. The number of methoxy groups -OCH3 is 2. The molecule has 118 valence electrons. The van der Waals surface area contributed by atoms with Gasteiger partial charge in [0, 0.05) is 19.9 Å². The third-order valence-corrected chi connectivity index (χ3v) is 2.30. The molecule has 0 saturated heterocycles. The van der Waals surface area contributed by atoms with Crippen LogP contribution in [0.15, 0.2) is 24.3 Å². The summed E-state index contributed by atoms with van der Waals surface area (Å²) in [6.07, 6.45) is -5.33. The van der Waals surface area contributed by atoms with Gasteiger partial charge in [0.25, 0.3) is 0 Å². The van der Waals surface area contributed by atoms with Crippen molar-refractivity contribution in [2.75, 3.05) is 26.1 Å². The molecule has 9 heteroatoms. The average Bonchev–Trinajstić information content (AvgIpc) is 2.40. The predicted molar refractivity (Wildman–Crippen MR) is 68.0 cm³/mol. The number of alkyl halides is 3. The number of hydrogen-bond acceptors (Lipinski definition) is 4. The molecule has 0 atom stereocenters. The van der Waals surface area contributed by atoms with Crippen molar-refractivity contribution in [1.82, 2.24) is 5.32 Å². The van der Waals surface area contributed by atoms with E-state index in [2.05, 4.69) is 15.4 Å². The Kier molecular flexibility index (Phi) is 6.25. The molecule has 0 radical (unpaired) electrons. The van der Waals surface area contributed by atoms with Gasteiger partial charge in [-0.15, -0.1) is 13.2 Å². The number of nitrogens with one attached hydrogen (secondary N) is 2. The van der Waals surface area contributed by atoms with E-state index in [0.29, 0.717) is 5.69 Å². The zero-order chi connectivity index (χ0) is 15.9. The molecule has 1 rings (SSSR count). The van der Waals surface area contributed by atoms with Crippen LogP contribution in [-0.4, -0.2) is 39.4 Å². The molecule has 21 heavy (non-hydrogen) atoms. The molecule has 1 aromatic carbocycles. The summed E-state index contributed by atoms with van der Waals surface area (Å²) in [5, 5.41) is 4.91. The van der Waals surface area contributed by atoms with Gasteiger partial charge in [0.15, 0.2) is 6.29 Å². The van der Waals surface area contributed by atoms with Crippen LogP contribution in [0.4, 0.5) is 23.7 Å². The highest BCUT2D eigenvalue weighted by Crippen LogP contribution is 2.23. The van der Waals surface area contributed by atoms with E-state index < -0.39 is 18.7 Å². The van der Waals surface area contributed by atoms with Gasteiger partial charge in [-0.1, -0.05) is 0 Å². The molecule has 0 saturated carbocycles. The number of rotatable bonds is 6. The molecule has 0 fully saturated rings. The van der Waals surface area contributed by atoms with E-state index in [1.165, 1.54) is 26.4 Å². The topological polar surface area (TPSA) is 68.8 Å². The zero-order valence-corrected chi connectivity index (χ0v) is 11.4. The summed E-state index contributed by atoms with van der Waals surface area (Å²) >= 11 is 0. The molecule has 0 bridgehead atoms. The molecule has 0 aliphatic rings. The maximum absolute atomic E-state index is 12.0. The highest BCUT2D eigenvalue weighted by molar-refractivity contribution is 5.89. The number of anilines is 1. The Morgan fingerprint density at radius 3 is 2.24 bits per heavy atom. The minimum absolute atomic E-state index is 0.119. The summed E-state index contributed by atoms with van der Waals surface area (Å²) in [5.74, 6) is -0.368. The highest BCUT2D eigenvalue weighted by Gasteiger charge is 2.30. The Labute approximate surface area is 119 Å². The smallest absolute Gasteiger partial charge is 0.406 e. The zero-order valence-electron chi connectivity index (χ0n) is 11.4. The fourth-order valence-corrected chi connectivity index (χ4v) is 1.35. The van der Waals surface area contributed by atoms with Gasteiger partial charge >= 0.3 is 12.4 Å². The van der Waals surface area contributed by atoms with Crippen molar-refractivity contribution in [3.8, 4) is 5.75 Å². The van der Waals surface area contributed by atoms with Crippen molar-refractivity contribution in [2.24, 2.45) is 0 Å². The molecule has 0 heterocycles. The van der Waals surface area contributed by atoms with Gasteiger partial charge in [-0.25, -0.2) is 4.79 Å². The lowest BCUT2D eigenvalue weighted by molar-refractivity contribution is -0.274. The first kappa shape index (κ1) is 17.1. The van der Waals surface area contributed by atoms with Gasteiger partial charge in [-0.2, -0.15) is 0 Å². The molecular weight excluding hydrogens is 293 g/mol. The largest absolute Gasteiger partial charge is 0.573 e. The number of amides is 2. The Balaban J connectivity index is 2.46. The van der Waals surface area contributed by atoms with Gasteiger partial charge in [-0.05, 0) is 24.3 Å². The summed E-state index contributed by atoms with van der Waals surface area (Å²) < 4.78 is 49.4. The first-order chi connectivity index (χ1) is 9.84. The second-order valence-corrected chi connectivity index (χ2v) is 3.81. The molecule has 2 amide bonds. The van der Waals surface area contributed by atoms with E-state index in [0.717, 1.165) is 12.1 Å². The Morgan fingerprint density at radius 2 is 1.76 bits per heavy atom. The molecule has 0 aliphatic heterocycles. The van der Waals surface area contributed by atoms with Crippen molar-refractivity contribution < 1.29 is 32.2 Å². The second kappa shape index (κ2) is 7.70. The van der Waals surface area contributed by atoms with E-state index in [4.69, 9.17) is 9.47 Å². The van der Waals surface area contributed by atoms with Crippen LogP contribution in [0.5, 0.6) is 5.75 Å². The molecule has 0 aliphatic carbocycles. The van der Waals surface area contributed by atoms with Crippen LogP contribution in [0.2, 0.25) is 0 Å². The Hall–Kier alpha value is -2.00. The number of halogens is 3. The van der Waals surface area contributed by atoms with E-state index in [9.17, 15) is 18.0 Å². The number of carbonyl (C=O) groups is 1. The molecule has 6 nitrogen and oxygen atoms in total. The van der Waals surface area contributed by atoms with Crippen LogP contribution in [0.1, 0.15) is 0 Å². The first-order valence-electron chi connectivity index (χ1n) is 5.80. The van der Waals surface area contributed by atoms with Crippen LogP contribution >= 0.6 is 0 Å². The minimum Gasteiger partial charge on any atom is -0.406 e. The molecule has 0 aromatic heterocycles. The van der Waals surface area contributed by atoms with Gasteiger partial charge in [0.1, 0.15) is 5.75 Å². The number of carbonyl (C=O) groups excluding carboxylic acids is 1. The van der Waals surface area contributed by atoms with E-state index >= 15 is 0 Å². The van der Waals surface area contributed by atoms with Gasteiger partial charge in [0.05, 0.1) is 6.54 Å². The van der Waals surface area contributed by atoms with Gasteiger partial charge in [-0.3, -0.25) is 0 Å². The number of benzene rings is 1. The van der Waals surface area contributed by atoms with Crippen LogP contribution < -0.4 is 15.4 Å². The monoisotopic (exact) mass is 308 g/mol. The van der Waals surface area contributed by atoms with Crippen molar-refractivity contribution in [2.45, 2.75) is 12.7 Å². The molecular formula is C12H15F3N2O4. The minimum atomic E-state index is -4.75. The van der Waals surface area contributed by atoms with Crippen LogP contribution in [0.25, 0.3) is 0 Å². The van der Waals surface area contributed by atoms with Gasteiger partial charge < -0.3 is 24.8 Å². The lowest BCUT2D eigenvalue weighted by atomic mass is 10.3. The third kappa shape index (κ3) is 6.82. The maximum atomic E-state index is 12.0. The van der Waals surface area contributed by atoms with E-state index in [-0.39, 0.29) is 12.3 Å². The van der Waals surface area contributed by atoms with Crippen molar-refractivity contribution >= 4 is 11.7 Å². The van der Waals surface area contributed by atoms with E-state index in [1.54, 1.807) is 0 Å². The third-order valence-electron chi connectivity index (χ3n) is 2.30. The van der Waals surface area contributed by atoms with E-state index in [1.807, 2.05) is 0 Å². The van der Waals surface area contributed by atoms with Crippen LogP contribution in [0.3, 0.4) is 0 Å². The maximum Gasteiger partial charge on any atom is 0.573 e. The number of hydrogen-bond donors (Lipinski definition) is 2. The number of urea groups is 1. The van der Waals surface area contributed by atoms with Crippen molar-refractivity contribution in [3.05, 3.63) is 24.3 Å². The average molecular weight is 308 g/mol. The standard InChI is InChI=1S/C12H15F3N2O4/c1-19-10(20-2)7-16-11(18)17-8-3-5-9(6-4-8)21-12(13,14)15/h3-6,10H,7H2,1-2H3,(H2,16,17,18). The fraction of sp³-hybridized carbons (Fsp3) is 0.417. The van der Waals surface area contributed by atoms with Crippen LogP contribution in [0, 0.1) is 0 Å². The Morgan fingerprint density at radius 1 is 1.19 bits per heavy atom. The molecule has 0 spiro atoms. The van der Waals surface area contributed by atoms with Crippen molar-refractivity contribution in [3.63, 3.8) is 0 Å². The highest BCUT2D eigenvalue weighted by atomic mass is 19.4. The fourth-order valence-electron chi connectivity index (χ4n) is 1.35. The summed E-state index contributed by atoms with van der Waals surface area (Å²) in [4.78, 5) is 11.5. The molecule has 1 aromatic rings. The lowest BCUT2D eigenvalue weighted by Gasteiger charge is -2.14. The summed E-state index contributed by atoms with van der Waals surface area (Å²) in [6.45, 7) is 0.119. The summed E-state index contributed by atoms with van der Waals surface area (Å²) in [6, 6.07) is 4.21. The summed E-state index contributed by atoms with van der Waals surface area (Å²) in [7, 11) is 2.85. The molecule has 0 unspecified atom stereocenters. The number of ether oxygens (including phenoxy) is 3. The Bertz CT molecular complexity index is 447. The predicted octanol–water partition coefficient (Wildman–Crippen LogP) is 2.33.